The van der Waals surface area contributed by atoms with Gasteiger partial charge in [0.15, 0.2) is 5.65 Å². The number of nitro groups is 1. The number of aromatic amines is 1. The van der Waals surface area contributed by atoms with Crippen molar-refractivity contribution in [3.63, 3.8) is 0 Å². The van der Waals surface area contributed by atoms with Crippen molar-refractivity contribution < 1.29 is 14.5 Å². The second-order valence-electron chi connectivity index (χ2n) is 7.39. The van der Waals surface area contributed by atoms with Gasteiger partial charge in [0.25, 0.3) is 11.2 Å². The first-order valence-electron chi connectivity index (χ1n) is 10.1. The van der Waals surface area contributed by atoms with Crippen molar-refractivity contribution in [2.45, 2.75) is 17.8 Å². The van der Waals surface area contributed by atoms with Crippen molar-refractivity contribution >= 4 is 40.0 Å². The number of benzene rings is 1. The number of nitrogens with zero attached hydrogens (tertiary/aromatic N) is 7. The van der Waals surface area contributed by atoms with Gasteiger partial charge in [0.2, 0.25) is 11.1 Å². The van der Waals surface area contributed by atoms with E-state index in [9.17, 15) is 19.7 Å². The Morgan fingerprint density at radius 1 is 1.26 bits per heavy atom. The molecule has 176 valence electrons. The molecule has 0 bridgehead atoms. The van der Waals surface area contributed by atoms with Crippen molar-refractivity contribution in [3.8, 4) is 5.95 Å². The van der Waals surface area contributed by atoms with Gasteiger partial charge in [-0.2, -0.15) is 10.1 Å². The minimum absolute atomic E-state index is 0.0215. The monoisotopic (exact) mass is 492 g/mol. The Kier molecular flexibility index (Phi) is 5.49. The zero-order valence-corrected chi connectivity index (χ0v) is 19.1. The van der Waals surface area contributed by atoms with Crippen LogP contribution in [0.1, 0.15) is 21.6 Å². The summed E-state index contributed by atoms with van der Waals surface area (Å²) in [5, 5.41) is 22.7. The van der Waals surface area contributed by atoms with Crippen LogP contribution in [0.15, 0.2) is 52.7 Å². The summed E-state index contributed by atoms with van der Waals surface area (Å²) in [5.74, 6) is 0.151. The van der Waals surface area contributed by atoms with E-state index in [1.807, 2.05) is 0 Å². The van der Waals surface area contributed by atoms with Crippen molar-refractivity contribution in [1.82, 2.24) is 34.3 Å². The van der Waals surface area contributed by atoms with Gasteiger partial charge in [-0.3, -0.25) is 19.5 Å². The zero-order chi connectivity index (χ0) is 24.7. The summed E-state index contributed by atoms with van der Waals surface area (Å²) in [6.45, 7) is 1.67. The molecule has 0 aliphatic heterocycles. The summed E-state index contributed by atoms with van der Waals surface area (Å²) < 4.78 is 7.56. The van der Waals surface area contributed by atoms with Crippen LogP contribution >= 0.6 is 11.8 Å². The predicted octanol–water partition coefficient (Wildman–Crippen LogP) is 2.45. The molecule has 0 saturated heterocycles. The molecular weight excluding hydrogens is 476 g/mol. The topological polar surface area (TPSA) is 163 Å². The number of aryl methyl sites for hydroxylation is 1. The highest BCUT2D eigenvalue weighted by molar-refractivity contribution is 7.98. The average Bonchev–Trinajstić information content (AvgIpc) is 3.46. The van der Waals surface area contributed by atoms with Gasteiger partial charge in [-0.25, -0.2) is 19.4 Å². The molecule has 0 spiro atoms. The molecule has 0 radical (unpaired) electrons. The molecule has 14 heteroatoms. The van der Waals surface area contributed by atoms with E-state index >= 15 is 0 Å². The van der Waals surface area contributed by atoms with Crippen LogP contribution in [0.5, 0.6) is 0 Å². The lowest BCUT2D eigenvalue weighted by Gasteiger charge is -2.05. The normalized spacial score (nSPS) is 11.3. The first-order valence-corrected chi connectivity index (χ1v) is 11.1. The van der Waals surface area contributed by atoms with Gasteiger partial charge < -0.3 is 4.74 Å². The molecule has 0 aliphatic carbocycles. The van der Waals surface area contributed by atoms with Crippen molar-refractivity contribution in [3.05, 3.63) is 80.0 Å². The Morgan fingerprint density at radius 2 is 2.03 bits per heavy atom. The van der Waals surface area contributed by atoms with Crippen LogP contribution in [0.25, 0.3) is 22.5 Å². The van der Waals surface area contributed by atoms with Crippen LogP contribution in [-0.4, -0.2) is 52.3 Å². The number of aromatic nitrogens is 7. The number of rotatable bonds is 6. The van der Waals surface area contributed by atoms with Crippen molar-refractivity contribution in [2.24, 2.45) is 0 Å². The molecule has 13 nitrogen and oxygen atoms in total. The average molecular weight is 492 g/mol. The zero-order valence-electron chi connectivity index (χ0n) is 18.3. The molecule has 0 saturated carbocycles. The molecule has 5 rings (SSSR count). The fraction of sp³-hybridized carbons (Fsp3) is 0.143. The predicted molar refractivity (Wildman–Crippen MR) is 125 cm³/mol. The smallest absolute Gasteiger partial charge is 0.343 e. The fourth-order valence-electron chi connectivity index (χ4n) is 3.56. The number of hydrogen-bond donors (Lipinski definition) is 1. The number of nitrogens with one attached hydrogen (secondary N) is 1. The molecule has 4 heterocycles. The number of hydrogen-bond acceptors (Lipinski definition) is 10. The van der Waals surface area contributed by atoms with Crippen molar-refractivity contribution in [1.29, 1.82) is 0 Å². The van der Waals surface area contributed by atoms with Crippen LogP contribution in [0.4, 0.5) is 5.69 Å². The summed E-state index contributed by atoms with van der Waals surface area (Å²) in [5.41, 5.74) is 1.94. The van der Waals surface area contributed by atoms with Crippen LogP contribution in [0.3, 0.4) is 0 Å². The first-order chi connectivity index (χ1) is 16.9. The number of fused-ring (bicyclic) bond motifs is 3. The summed E-state index contributed by atoms with van der Waals surface area (Å²) >= 11 is 1.31. The molecule has 0 amide bonds. The Hall–Kier alpha value is -4.59. The number of carbonyl (C=O) groups excluding carboxylic acids is 1. The quantitative estimate of drug-likeness (QED) is 0.161. The maximum Gasteiger partial charge on any atom is 0.343 e. The highest BCUT2D eigenvalue weighted by atomic mass is 32.2. The van der Waals surface area contributed by atoms with E-state index in [0.717, 1.165) is 5.56 Å². The SMILES string of the molecule is COC(=O)c1c(C)nn2c1ncc1c(=O)n(-c3nc(SCc4ccc([N+](=O)[O-])cc4)n[nH]3)ccc12. The Labute approximate surface area is 199 Å². The molecule has 0 fully saturated rings. The molecule has 5 aromatic rings. The Morgan fingerprint density at radius 3 is 2.74 bits per heavy atom. The van der Waals surface area contributed by atoms with E-state index in [4.69, 9.17) is 4.74 Å². The number of pyridine rings is 1. The van der Waals surface area contributed by atoms with Gasteiger partial charge in [0, 0.05) is 30.3 Å². The number of esters is 1. The van der Waals surface area contributed by atoms with E-state index in [-0.39, 0.29) is 22.6 Å². The third kappa shape index (κ3) is 3.89. The summed E-state index contributed by atoms with van der Waals surface area (Å²) in [7, 11) is 1.28. The Balaban J connectivity index is 1.44. The first kappa shape index (κ1) is 22.2. The lowest BCUT2D eigenvalue weighted by molar-refractivity contribution is -0.384. The van der Waals surface area contributed by atoms with Gasteiger partial charge in [-0.15, -0.1) is 5.10 Å². The maximum absolute atomic E-state index is 13.2. The molecule has 0 unspecified atom stereocenters. The second kappa shape index (κ2) is 8.64. The Bertz CT molecular complexity index is 1670. The van der Waals surface area contributed by atoms with Gasteiger partial charge >= 0.3 is 5.97 Å². The van der Waals surface area contributed by atoms with E-state index < -0.39 is 16.5 Å². The third-order valence-electron chi connectivity index (χ3n) is 5.27. The molecule has 0 aliphatic rings. The number of nitro benzene ring substituents is 1. The number of thioether (sulfide) groups is 1. The standard InChI is InChI=1S/C21H16N8O5S/c1-11-16(19(31)34-2)17-22-9-14-15(28(17)26-11)7-8-27(18(14)30)20-23-21(25-24-20)35-10-12-3-5-13(6-4-12)29(32)33/h3-9H,10H2,1-2H3,(H,23,24,25). The fourth-order valence-corrected chi connectivity index (χ4v) is 4.31. The van der Waals surface area contributed by atoms with Gasteiger partial charge in [-0.1, -0.05) is 23.9 Å². The van der Waals surface area contributed by atoms with Crippen LogP contribution in [0, 0.1) is 17.0 Å². The molecule has 4 aromatic heterocycles. The highest BCUT2D eigenvalue weighted by Crippen LogP contribution is 2.22. The van der Waals surface area contributed by atoms with E-state index in [0.29, 0.717) is 27.8 Å². The number of non-ortho nitro benzene ring substituents is 1. The van der Waals surface area contributed by atoms with Crippen molar-refractivity contribution in [2.75, 3.05) is 7.11 Å². The lowest BCUT2D eigenvalue weighted by atomic mass is 10.2. The third-order valence-corrected chi connectivity index (χ3v) is 6.19. The second-order valence-corrected chi connectivity index (χ2v) is 8.33. The maximum atomic E-state index is 13.2. The molecule has 0 atom stereocenters. The number of ether oxygens (including phenoxy) is 1. The van der Waals surface area contributed by atoms with E-state index in [1.165, 1.54) is 52.5 Å². The minimum atomic E-state index is -0.557. The highest BCUT2D eigenvalue weighted by Gasteiger charge is 2.21. The molecule has 1 N–H and O–H groups in total. The minimum Gasteiger partial charge on any atom is -0.465 e. The van der Waals surface area contributed by atoms with Crippen LogP contribution < -0.4 is 5.56 Å². The number of H-pyrrole nitrogens is 1. The van der Waals surface area contributed by atoms with E-state index in [1.54, 1.807) is 25.1 Å². The van der Waals surface area contributed by atoms with Crippen LogP contribution in [-0.2, 0) is 10.5 Å². The van der Waals surface area contributed by atoms with Gasteiger partial charge in [0.1, 0.15) is 5.56 Å². The number of methoxy groups -OCH3 is 1. The number of carbonyl (C=O) groups is 1. The van der Waals surface area contributed by atoms with Gasteiger partial charge in [0.05, 0.1) is 28.6 Å². The largest absolute Gasteiger partial charge is 0.465 e. The molecule has 35 heavy (non-hydrogen) atoms. The van der Waals surface area contributed by atoms with Crippen LogP contribution in [0.2, 0.25) is 0 Å². The summed E-state index contributed by atoms with van der Waals surface area (Å²) in [6, 6.07) is 7.89. The van der Waals surface area contributed by atoms with Gasteiger partial charge in [-0.05, 0) is 18.6 Å². The molecular formula is C21H16N8O5S. The summed E-state index contributed by atoms with van der Waals surface area (Å²) in [4.78, 5) is 44.3. The molecule has 1 aromatic carbocycles. The summed E-state index contributed by atoms with van der Waals surface area (Å²) in [6.07, 6.45) is 2.92. The van der Waals surface area contributed by atoms with E-state index in [2.05, 4.69) is 25.3 Å². The lowest BCUT2D eigenvalue weighted by Crippen LogP contribution is -2.20.